The number of carbonyl (C=O) groups excluding carboxylic acids is 2. The fourth-order valence-electron chi connectivity index (χ4n) is 3.22. The molecule has 3 heteroatoms. The molecule has 3 nitrogen and oxygen atoms in total. The molecular weight excluding hydrogens is 322 g/mol. The number of aldehydes is 1. The van der Waals surface area contributed by atoms with E-state index in [9.17, 15) is 9.59 Å². The van der Waals surface area contributed by atoms with E-state index in [-0.39, 0.29) is 18.2 Å². The molecule has 0 radical (unpaired) electrons. The van der Waals surface area contributed by atoms with Gasteiger partial charge in [-0.3, -0.25) is 4.79 Å². The number of amides is 1. The molecule has 0 aliphatic carbocycles. The second-order valence-electron chi connectivity index (χ2n) is 6.53. The summed E-state index contributed by atoms with van der Waals surface area (Å²) in [5.41, 5.74) is 2.30. The van der Waals surface area contributed by atoms with Gasteiger partial charge >= 0.3 is 0 Å². The second-order valence-corrected chi connectivity index (χ2v) is 6.53. The smallest absolute Gasteiger partial charge is 0.220 e. The number of fused-ring (bicyclic) bond motifs is 1. The third-order valence-corrected chi connectivity index (χ3v) is 4.58. The predicted octanol–water partition coefficient (Wildman–Crippen LogP) is 3.95. The van der Waals surface area contributed by atoms with E-state index >= 15 is 0 Å². The fraction of sp³-hybridized carbons (Fsp3) is 0.217. The Morgan fingerprint density at radius 1 is 0.923 bits per heavy atom. The predicted molar refractivity (Wildman–Crippen MR) is 105 cm³/mol. The van der Waals surface area contributed by atoms with Crippen molar-refractivity contribution in [1.29, 1.82) is 0 Å². The molecule has 132 valence electrons. The van der Waals surface area contributed by atoms with Crippen LogP contribution in [0.4, 0.5) is 0 Å². The summed E-state index contributed by atoms with van der Waals surface area (Å²) in [6.07, 6.45) is 2.50. The molecule has 3 aromatic rings. The van der Waals surface area contributed by atoms with Crippen molar-refractivity contribution in [2.45, 2.75) is 19.3 Å². The number of hydrogen-bond acceptors (Lipinski definition) is 2. The zero-order valence-corrected chi connectivity index (χ0v) is 14.7. The first kappa shape index (κ1) is 17.9. The Bertz CT molecular complexity index is 868. The van der Waals surface area contributed by atoms with Crippen LogP contribution < -0.4 is 5.32 Å². The number of hydrogen-bond donors (Lipinski definition) is 1. The minimum absolute atomic E-state index is 0.0710. The zero-order chi connectivity index (χ0) is 18.2. The molecule has 0 heterocycles. The number of rotatable bonds is 8. The SMILES string of the molecule is O=CC(CC(=O)NCCc1ccccc1)Cc1cccc2ccccc12. The van der Waals surface area contributed by atoms with Crippen LogP contribution in [0.2, 0.25) is 0 Å². The van der Waals surface area contributed by atoms with Crippen LogP contribution >= 0.6 is 0 Å². The first-order chi connectivity index (χ1) is 12.8. The molecule has 3 aromatic carbocycles. The van der Waals surface area contributed by atoms with Crippen molar-refractivity contribution < 1.29 is 9.59 Å². The summed E-state index contributed by atoms with van der Waals surface area (Å²) >= 11 is 0. The van der Waals surface area contributed by atoms with Gasteiger partial charge in [-0.25, -0.2) is 0 Å². The second kappa shape index (κ2) is 8.95. The van der Waals surface area contributed by atoms with Crippen molar-refractivity contribution >= 4 is 23.0 Å². The lowest BCUT2D eigenvalue weighted by molar-refractivity contribution is -0.124. The minimum Gasteiger partial charge on any atom is -0.356 e. The van der Waals surface area contributed by atoms with Gasteiger partial charge in [0.05, 0.1) is 0 Å². The maximum Gasteiger partial charge on any atom is 0.220 e. The van der Waals surface area contributed by atoms with Crippen molar-refractivity contribution in [3.8, 4) is 0 Å². The van der Waals surface area contributed by atoms with Gasteiger partial charge in [-0.2, -0.15) is 0 Å². The highest BCUT2D eigenvalue weighted by atomic mass is 16.1. The Labute approximate surface area is 154 Å². The molecule has 0 aromatic heterocycles. The molecule has 0 fully saturated rings. The molecule has 26 heavy (non-hydrogen) atoms. The van der Waals surface area contributed by atoms with Gasteiger partial charge in [-0.05, 0) is 34.7 Å². The number of carbonyl (C=O) groups is 2. The van der Waals surface area contributed by atoms with Gasteiger partial charge in [-0.15, -0.1) is 0 Å². The van der Waals surface area contributed by atoms with E-state index in [0.717, 1.165) is 29.0 Å². The molecule has 0 saturated carbocycles. The van der Waals surface area contributed by atoms with Crippen LogP contribution in [-0.4, -0.2) is 18.7 Å². The first-order valence-electron chi connectivity index (χ1n) is 8.99. The van der Waals surface area contributed by atoms with Crippen molar-refractivity contribution in [2.75, 3.05) is 6.54 Å². The van der Waals surface area contributed by atoms with E-state index < -0.39 is 0 Å². The third-order valence-electron chi connectivity index (χ3n) is 4.58. The van der Waals surface area contributed by atoms with Crippen LogP contribution in [0.15, 0.2) is 72.8 Å². The van der Waals surface area contributed by atoms with Crippen molar-refractivity contribution in [2.24, 2.45) is 5.92 Å². The van der Waals surface area contributed by atoms with Crippen molar-refractivity contribution in [3.63, 3.8) is 0 Å². The summed E-state index contributed by atoms with van der Waals surface area (Å²) in [6, 6.07) is 24.3. The summed E-state index contributed by atoms with van der Waals surface area (Å²) in [5, 5.41) is 5.22. The molecule has 1 atom stereocenters. The van der Waals surface area contributed by atoms with Gasteiger partial charge in [0.25, 0.3) is 0 Å². The third kappa shape index (κ3) is 4.79. The minimum atomic E-state index is -0.308. The van der Waals surface area contributed by atoms with E-state index in [1.165, 1.54) is 5.56 Å². The van der Waals surface area contributed by atoms with Gasteiger partial charge in [0, 0.05) is 18.9 Å². The maximum absolute atomic E-state index is 12.2. The Balaban J connectivity index is 1.55. The summed E-state index contributed by atoms with van der Waals surface area (Å²) in [6.45, 7) is 0.586. The van der Waals surface area contributed by atoms with Gasteiger partial charge in [-0.1, -0.05) is 72.8 Å². The molecule has 0 aliphatic heterocycles. The van der Waals surface area contributed by atoms with Crippen molar-refractivity contribution in [3.05, 3.63) is 83.9 Å². The highest BCUT2D eigenvalue weighted by Gasteiger charge is 2.15. The highest BCUT2D eigenvalue weighted by Crippen LogP contribution is 2.21. The molecule has 1 N–H and O–H groups in total. The summed E-state index contributed by atoms with van der Waals surface area (Å²) < 4.78 is 0. The van der Waals surface area contributed by atoms with Crippen molar-refractivity contribution in [1.82, 2.24) is 5.32 Å². The lowest BCUT2D eigenvalue weighted by Gasteiger charge is -2.13. The van der Waals surface area contributed by atoms with E-state index in [1.54, 1.807) is 0 Å². The van der Waals surface area contributed by atoms with Crippen LogP contribution in [0, 0.1) is 5.92 Å². The van der Waals surface area contributed by atoms with Crippen LogP contribution in [0.3, 0.4) is 0 Å². The van der Waals surface area contributed by atoms with Gasteiger partial charge in [0.15, 0.2) is 0 Å². The van der Waals surface area contributed by atoms with E-state index in [4.69, 9.17) is 0 Å². The average Bonchev–Trinajstić information content (AvgIpc) is 2.68. The van der Waals surface area contributed by atoms with Gasteiger partial charge < -0.3 is 10.1 Å². The van der Waals surface area contributed by atoms with Gasteiger partial charge in [0.1, 0.15) is 6.29 Å². The number of nitrogens with one attached hydrogen (secondary N) is 1. The number of benzene rings is 3. The largest absolute Gasteiger partial charge is 0.356 e. The molecule has 1 amide bonds. The van der Waals surface area contributed by atoms with Gasteiger partial charge in [0.2, 0.25) is 5.91 Å². The average molecular weight is 345 g/mol. The van der Waals surface area contributed by atoms with E-state index in [0.29, 0.717) is 13.0 Å². The monoisotopic (exact) mass is 345 g/mol. The first-order valence-corrected chi connectivity index (χ1v) is 8.99. The molecule has 1 unspecified atom stereocenters. The van der Waals surface area contributed by atoms with E-state index in [2.05, 4.69) is 23.5 Å². The molecule has 0 saturated heterocycles. The zero-order valence-electron chi connectivity index (χ0n) is 14.7. The summed E-state index contributed by atoms with van der Waals surface area (Å²) in [4.78, 5) is 23.7. The fourth-order valence-corrected chi connectivity index (χ4v) is 3.22. The lowest BCUT2D eigenvalue weighted by Crippen LogP contribution is -2.28. The van der Waals surface area contributed by atoms with Crippen LogP contribution in [0.25, 0.3) is 10.8 Å². The molecule has 0 spiro atoms. The standard InChI is InChI=1S/C23H23NO2/c25-17-19(15-21-11-6-10-20-9-4-5-12-22(20)21)16-23(26)24-14-13-18-7-2-1-3-8-18/h1-12,17,19H,13-16H2,(H,24,26). The normalized spacial score (nSPS) is 11.8. The lowest BCUT2D eigenvalue weighted by atomic mass is 9.93. The Kier molecular flexibility index (Phi) is 6.15. The quantitative estimate of drug-likeness (QED) is 0.629. The molecule has 3 rings (SSSR count). The topological polar surface area (TPSA) is 46.2 Å². The molecule has 0 bridgehead atoms. The van der Waals surface area contributed by atoms with Crippen LogP contribution in [0.1, 0.15) is 17.5 Å². The van der Waals surface area contributed by atoms with Crippen LogP contribution in [0.5, 0.6) is 0 Å². The highest BCUT2D eigenvalue weighted by molar-refractivity contribution is 5.86. The maximum atomic E-state index is 12.2. The summed E-state index contributed by atoms with van der Waals surface area (Å²) in [5.74, 6) is -0.379. The Morgan fingerprint density at radius 3 is 2.46 bits per heavy atom. The Morgan fingerprint density at radius 2 is 1.65 bits per heavy atom. The Hall–Kier alpha value is -2.94. The molecular formula is C23H23NO2. The summed E-state index contributed by atoms with van der Waals surface area (Å²) in [7, 11) is 0. The van der Waals surface area contributed by atoms with Crippen LogP contribution in [-0.2, 0) is 22.4 Å². The molecule has 0 aliphatic rings. The van der Waals surface area contributed by atoms with E-state index in [1.807, 2.05) is 54.6 Å².